The summed E-state index contributed by atoms with van der Waals surface area (Å²) in [5.41, 5.74) is 5.80. The number of piperidine rings is 1. The number of hydrogen-bond acceptors (Lipinski definition) is 4. The molecule has 1 aliphatic rings. The number of aliphatic carboxylic acids is 1. The molecule has 1 aliphatic heterocycles. The van der Waals surface area contributed by atoms with Crippen molar-refractivity contribution in [3.05, 3.63) is 0 Å². The molecule has 1 rings (SSSR count). The largest absolute Gasteiger partial charge is 0.480 e. The Balaban J connectivity index is 2.61. The first-order chi connectivity index (χ1) is 8.07. The second kappa shape index (κ2) is 6.86. The molecule has 1 heterocycles. The Morgan fingerprint density at radius 2 is 2.24 bits per heavy atom. The highest BCUT2D eigenvalue weighted by molar-refractivity contribution is 7.98. The third kappa shape index (κ3) is 3.89. The molecule has 2 atom stereocenters. The van der Waals surface area contributed by atoms with Crippen LogP contribution in [0, 0.1) is 0 Å². The Morgan fingerprint density at radius 1 is 1.53 bits per heavy atom. The van der Waals surface area contributed by atoms with E-state index in [0.29, 0.717) is 19.4 Å². The van der Waals surface area contributed by atoms with Crippen LogP contribution < -0.4 is 5.73 Å². The maximum absolute atomic E-state index is 12.0. The number of carboxylic acids is 1. The van der Waals surface area contributed by atoms with Gasteiger partial charge in [0.2, 0.25) is 5.91 Å². The van der Waals surface area contributed by atoms with Crippen LogP contribution in [-0.2, 0) is 9.59 Å². The zero-order valence-corrected chi connectivity index (χ0v) is 10.9. The van der Waals surface area contributed by atoms with Gasteiger partial charge in [-0.1, -0.05) is 0 Å². The molecular weight excluding hydrogens is 240 g/mol. The van der Waals surface area contributed by atoms with E-state index in [1.165, 1.54) is 4.90 Å². The molecule has 0 spiro atoms. The van der Waals surface area contributed by atoms with Gasteiger partial charge in [-0.2, -0.15) is 11.8 Å². The number of carbonyl (C=O) groups excluding carboxylic acids is 1. The monoisotopic (exact) mass is 260 g/mol. The number of likely N-dealkylation sites (tertiary alicyclic amines) is 1. The van der Waals surface area contributed by atoms with Crippen molar-refractivity contribution < 1.29 is 14.7 Å². The second-order valence-corrected chi connectivity index (χ2v) is 5.26. The summed E-state index contributed by atoms with van der Waals surface area (Å²) in [4.78, 5) is 24.6. The molecule has 1 fully saturated rings. The van der Waals surface area contributed by atoms with E-state index < -0.39 is 18.1 Å². The van der Waals surface area contributed by atoms with E-state index in [4.69, 9.17) is 10.8 Å². The summed E-state index contributed by atoms with van der Waals surface area (Å²) in [6, 6.07) is -1.25. The van der Waals surface area contributed by atoms with Gasteiger partial charge < -0.3 is 15.7 Å². The van der Waals surface area contributed by atoms with E-state index in [1.54, 1.807) is 11.8 Å². The van der Waals surface area contributed by atoms with Gasteiger partial charge >= 0.3 is 5.97 Å². The second-order valence-electron chi connectivity index (χ2n) is 4.27. The van der Waals surface area contributed by atoms with Gasteiger partial charge in [0.15, 0.2) is 0 Å². The molecule has 1 amide bonds. The van der Waals surface area contributed by atoms with Crippen LogP contribution in [-0.4, -0.2) is 52.5 Å². The van der Waals surface area contributed by atoms with Gasteiger partial charge in [0.05, 0.1) is 6.04 Å². The fraction of sp³-hybridized carbons (Fsp3) is 0.818. The van der Waals surface area contributed by atoms with Gasteiger partial charge in [0, 0.05) is 6.54 Å². The van der Waals surface area contributed by atoms with Crippen molar-refractivity contribution in [2.24, 2.45) is 5.73 Å². The lowest BCUT2D eigenvalue weighted by Crippen LogP contribution is -2.53. The number of nitrogens with zero attached hydrogens (tertiary/aromatic N) is 1. The number of nitrogens with two attached hydrogens (primary N) is 1. The van der Waals surface area contributed by atoms with E-state index in [2.05, 4.69) is 0 Å². The topological polar surface area (TPSA) is 83.6 Å². The maximum Gasteiger partial charge on any atom is 0.326 e. The molecule has 6 heteroatoms. The average molecular weight is 260 g/mol. The van der Waals surface area contributed by atoms with Crippen LogP contribution in [0.1, 0.15) is 25.7 Å². The molecule has 3 N–H and O–H groups in total. The zero-order valence-electron chi connectivity index (χ0n) is 10.1. The fourth-order valence-electron chi connectivity index (χ4n) is 2.03. The minimum Gasteiger partial charge on any atom is -0.480 e. The molecule has 1 saturated heterocycles. The number of hydrogen-bond donors (Lipinski definition) is 2. The molecule has 0 saturated carbocycles. The minimum absolute atomic E-state index is 0.217. The zero-order chi connectivity index (χ0) is 12.8. The van der Waals surface area contributed by atoms with Crippen LogP contribution in [0.4, 0.5) is 0 Å². The smallest absolute Gasteiger partial charge is 0.326 e. The number of amides is 1. The highest BCUT2D eigenvalue weighted by Gasteiger charge is 2.33. The first-order valence-corrected chi connectivity index (χ1v) is 7.25. The van der Waals surface area contributed by atoms with Gasteiger partial charge in [-0.25, -0.2) is 4.79 Å². The molecule has 0 aromatic carbocycles. The highest BCUT2D eigenvalue weighted by Crippen LogP contribution is 2.18. The number of thioether (sulfide) groups is 1. The average Bonchev–Trinajstić information content (AvgIpc) is 2.34. The molecule has 0 radical (unpaired) electrons. The van der Waals surface area contributed by atoms with Crippen LogP contribution in [0.25, 0.3) is 0 Å². The number of rotatable bonds is 5. The molecule has 98 valence electrons. The third-order valence-electron chi connectivity index (χ3n) is 3.02. The summed E-state index contributed by atoms with van der Waals surface area (Å²) in [7, 11) is 0. The van der Waals surface area contributed by atoms with Gasteiger partial charge in [0.1, 0.15) is 6.04 Å². The van der Waals surface area contributed by atoms with Crippen LogP contribution in [0.5, 0.6) is 0 Å². The Kier molecular flexibility index (Phi) is 5.77. The summed E-state index contributed by atoms with van der Waals surface area (Å²) in [6.45, 7) is 0.517. The van der Waals surface area contributed by atoms with Crippen molar-refractivity contribution in [3.8, 4) is 0 Å². The molecule has 0 aromatic heterocycles. The molecule has 17 heavy (non-hydrogen) atoms. The van der Waals surface area contributed by atoms with E-state index in [-0.39, 0.29) is 5.91 Å². The van der Waals surface area contributed by atoms with Crippen LogP contribution in [0.3, 0.4) is 0 Å². The molecular formula is C11H20N2O3S. The molecule has 5 nitrogen and oxygen atoms in total. The van der Waals surface area contributed by atoms with Gasteiger partial charge in [-0.15, -0.1) is 0 Å². The first-order valence-electron chi connectivity index (χ1n) is 5.85. The van der Waals surface area contributed by atoms with E-state index in [9.17, 15) is 9.59 Å². The van der Waals surface area contributed by atoms with Crippen molar-refractivity contribution in [2.45, 2.75) is 37.8 Å². The lowest BCUT2D eigenvalue weighted by molar-refractivity contribution is -0.152. The predicted molar refractivity (Wildman–Crippen MR) is 68.0 cm³/mol. The summed E-state index contributed by atoms with van der Waals surface area (Å²) in [5, 5.41) is 9.08. The van der Waals surface area contributed by atoms with E-state index in [1.807, 2.05) is 6.26 Å². The maximum atomic E-state index is 12.0. The molecule has 0 aromatic rings. The third-order valence-corrected chi connectivity index (χ3v) is 3.67. The van der Waals surface area contributed by atoms with Crippen LogP contribution in [0.15, 0.2) is 0 Å². The van der Waals surface area contributed by atoms with Gasteiger partial charge in [-0.05, 0) is 37.7 Å². The van der Waals surface area contributed by atoms with Crippen molar-refractivity contribution in [2.75, 3.05) is 18.6 Å². The van der Waals surface area contributed by atoms with Crippen molar-refractivity contribution in [1.29, 1.82) is 0 Å². The summed E-state index contributed by atoms with van der Waals surface area (Å²) < 4.78 is 0. The van der Waals surface area contributed by atoms with Gasteiger partial charge in [-0.3, -0.25) is 4.79 Å². The lowest BCUT2D eigenvalue weighted by atomic mass is 10.0. The lowest BCUT2D eigenvalue weighted by Gasteiger charge is -2.34. The van der Waals surface area contributed by atoms with Crippen LogP contribution >= 0.6 is 11.8 Å². The molecule has 0 bridgehead atoms. The van der Waals surface area contributed by atoms with E-state index in [0.717, 1.165) is 18.6 Å². The van der Waals surface area contributed by atoms with Crippen LogP contribution in [0.2, 0.25) is 0 Å². The Hall–Kier alpha value is -0.750. The fourth-order valence-corrected chi connectivity index (χ4v) is 2.52. The summed E-state index contributed by atoms with van der Waals surface area (Å²) >= 11 is 1.63. The van der Waals surface area contributed by atoms with E-state index >= 15 is 0 Å². The highest BCUT2D eigenvalue weighted by atomic mass is 32.2. The normalized spacial score (nSPS) is 22.2. The Morgan fingerprint density at radius 3 is 2.82 bits per heavy atom. The number of carbonyl (C=O) groups is 2. The van der Waals surface area contributed by atoms with Crippen molar-refractivity contribution >= 4 is 23.6 Å². The Labute approximate surface area is 106 Å². The molecule has 0 aliphatic carbocycles. The van der Waals surface area contributed by atoms with Gasteiger partial charge in [0.25, 0.3) is 0 Å². The quantitative estimate of drug-likeness (QED) is 0.753. The first kappa shape index (κ1) is 14.3. The molecule has 1 unspecified atom stereocenters. The minimum atomic E-state index is -0.921. The SMILES string of the molecule is CSCC[C@H](N)C(=O)N1CCCCC1C(=O)O. The summed E-state index contributed by atoms with van der Waals surface area (Å²) in [6.07, 6.45) is 4.82. The standard InChI is InChI=1S/C11H20N2O3S/c1-17-7-5-8(12)10(14)13-6-3-2-4-9(13)11(15)16/h8-9H,2-7,12H2,1H3,(H,15,16)/t8-,9?/m0/s1. The Bertz CT molecular complexity index is 286. The summed E-state index contributed by atoms with van der Waals surface area (Å²) in [5.74, 6) is -0.320. The predicted octanol–water partition coefficient (Wildman–Crippen LogP) is 0.532. The van der Waals surface area contributed by atoms with Crippen molar-refractivity contribution in [1.82, 2.24) is 4.90 Å². The van der Waals surface area contributed by atoms with Crippen molar-refractivity contribution in [3.63, 3.8) is 0 Å². The number of carboxylic acid groups (broad SMARTS) is 1.